The van der Waals surface area contributed by atoms with Crippen molar-refractivity contribution in [2.45, 2.75) is 26.1 Å². The van der Waals surface area contributed by atoms with Crippen LogP contribution in [0.1, 0.15) is 24.2 Å². The summed E-state index contributed by atoms with van der Waals surface area (Å²) in [6.45, 7) is 9.61. The van der Waals surface area contributed by atoms with E-state index in [1.54, 1.807) is 6.20 Å². The molecule has 3 rings (SSSR count). The van der Waals surface area contributed by atoms with Crippen molar-refractivity contribution in [1.29, 1.82) is 0 Å². The van der Waals surface area contributed by atoms with Crippen LogP contribution < -0.4 is 4.90 Å². The van der Waals surface area contributed by atoms with E-state index < -0.39 is 0 Å². The number of pyridine rings is 1. The lowest BCUT2D eigenvalue weighted by molar-refractivity contribution is -0.00546. The third kappa shape index (κ3) is 4.48. The number of aliphatic hydroxyl groups is 1. The van der Waals surface area contributed by atoms with Gasteiger partial charge in [0.2, 0.25) is 0 Å². The molecule has 2 saturated heterocycles. The van der Waals surface area contributed by atoms with Crippen LogP contribution in [0.3, 0.4) is 0 Å². The first-order valence-electron chi connectivity index (χ1n) is 9.05. The Labute approximate surface area is 149 Å². The molecular weight excluding hydrogens is 320 g/mol. The van der Waals surface area contributed by atoms with Gasteiger partial charge in [0.25, 0.3) is 5.91 Å². The van der Waals surface area contributed by atoms with Crippen molar-refractivity contribution in [1.82, 2.24) is 14.8 Å². The maximum Gasteiger partial charge on any atom is 0.255 e. The quantitative estimate of drug-likeness (QED) is 0.852. The zero-order valence-electron chi connectivity index (χ0n) is 15.1. The van der Waals surface area contributed by atoms with E-state index >= 15 is 0 Å². The largest absolute Gasteiger partial charge is 0.395 e. The number of carbonyl (C=O) groups is 1. The molecule has 1 aromatic heterocycles. The smallest absolute Gasteiger partial charge is 0.255 e. The van der Waals surface area contributed by atoms with Gasteiger partial charge in [-0.2, -0.15) is 0 Å². The first-order valence-corrected chi connectivity index (χ1v) is 9.05. The fourth-order valence-corrected chi connectivity index (χ4v) is 3.56. The highest BCUT2D eigenvalue weighted by molar-refractivity contribution is 5.94. The molecule has 0 aromatic carbocycles. The molecule has 138 valence electrons. The number of morpholine rings is 1. The average molecular weight is 348 g/mol. The van der Waals surface area contributed by atoms with E-state index in [1.807, 2.05) is 17.0 Å². The highest BCUT2D eigenvalue weighted by Gasteiger charge is 2.25. The summed E-state index contributed by atoms with van der Waals surface area (Å²) in [6.07, 6.45) is 2.05. The van der Waals surface area contributed by atoms with Gasteiger partial charge in [-0.15, -0.1) is 0 Å². The number of aliphatic hydroxyl groups excluding tert-OH is 1. The van der Waals surface area contributed by atoms with Crippen molar-refractivity contribution in [3.05, 3.63) is 23.9 Å². The van der Waals surface area contributed by atoms with E-state index in [0.717, 1.165) is 32.0 Å². The number of amides is 1. The molecule has 3 heterocycles. The normalized spacial score (nSPS) is 25.2. The Balaban J connectivity index is 1.59. The minimum atomic E-state index is 0.0337. The molecule has 2 fully saturated rings. The number of hydrogen-bond donors (Lipinski definition) is 1. The lowest BCUT2D eigenvalue weighted by Crippen LogP contribution is -2.49. The van der Waals surface area contributed by atoms with Crippen molar-refractivity contribution in [3.63, 3.8) is 0 Å². The monoisotopic (exact) mass is 348 g/mol. The topological polar surface area (TPSA) is 69.1 Å². The van der Waals surface area contributed by atoms with Crippen LogP contribution >= 0.6 is 0 Å². The number of anilines is 1. The molecule has 0 unspecified atom stereocenters. The van der Waals surface area contributed by atoms with Crippen LogP contribution in [0, 0.1) is 0 Å². The predicted molar refractivity (Wildman–Crippen MR) is 95.9 cm³/mol. The first-order chi connectivity index (χ1) is 12.1. The average Bonchev–Trinajstić information content (AvgIpc) is 2.61. The zero-order chi connectivity index (χ0) is 17.8. The maximum absolute atomic E-state index is 12.6. The lowest BCUT2D eigenvalue weighted by Gasteiger charge is -2.36. The molecule has 1 amide bonds. The van der Waals surface area contributed by atoms with Crippen molar-refractivity contribution in [2.75, 3.05) is 57.3 Å². The summed E-state index contributed by atoms with van der Waals surface area (Å²) in [7, 11) is 0. The van der Waals surface area contributed by atoms with Gasteiger partial charge < -0.3 is 19.6 Å². The summed E-state index contributed by atoms with van der Waals surface area (Å²) in [4.78, 5) is 23.4. The van der Waals surface area contributed by atoms with E-state index in [1.165, 1.54) is 0 Å². The number of piperazine rings is 1. The summed E-state index contributed by atoms with van der Waals surface area (Å²) in [5.41, 5.74) is 0.633. The Bertz CT molecular complexity index is 562. The van der Waals surface area contributed by atoms with E-state index in [4.69, 9.17) is 9.84 Å². The summed E-state index contributed by atoms with van der Waals surface area (Å²) in [6, 6.07) is 3.80. The molecule has 0 radical (unpaired) electrons. The van der Waals surface area contributed by atoms with E-state index in [-0.39, 0.29) is 24.7 Å². The van der Waals surface area contributed by atoms with Gasteiger partial charge >= 0.3 is 0 Å². The van der Waals surface area contributed by atoms with Crippen LogP contribution in [0.15, 0.2) is 18.3 Å². The molecule has 1 aromatic rings. The zero-order valence-corrected chi connectivity index (χ0v) is 15.1. The molecule has 0 spiro atoms. The molecule has 7 heteroatoms. The summed E-state index contributed by atoms with van der Waals surface area (Å²) in [5.74, 6) is 0.928. The predicted octanol–water partition coefficient (Wildman–Crippen LogP) is 0.445. The highest BCUT2D eigenvalue weighted by Crippen LogP contribution is 2.19. The minimum Gasteiger partial charge on any atom is -0.395 e. The molecule has 25 heavy (non-hydrogen) atoms. The fraction of sp³-hybridized carbons (Fsp3) is 0.667. The molecule has 0 aliphatic carbocycles. The SMILES string of the molecule is C[C@H]1CN(c2ccc(C(=O)N3CCN(CCO)CC3)cn2)C[C@H](C)O1. The second-order valence-electron chi connectivity index (χ2n) is 6.92. The fourth-order valence-electron chi connectivity index (χ4n) is 3.56. The Morgan fingerprint density at radius 2 is 1.88 bits per heavy atom. The molecule has 2 aliphatic rings. The number of nitrogens with zero attached hydrogens (tertiary/aromatic N) is 4. The first kappa shape index (κ1) is 18.1. The van der Waals surface area contributed by atoms with Crippen LogP contribution in [0.25, 0.3) is 0 Å². The maximum atomic E-state index is 12.6. The number of hydrogen-bond acceptors (Lipinski definition) is 6. The van der Waals surface area contributed by atoms with Crippen LogP contribution in [0.4, 0.5) is 5.82 Å². The van der Waals surface area contributed by atoms with E-state index in [2.05, 4.69) is 28.6 Å². The Morgan fingerprint density at radius 3 is 2.44 bits per heavy atom. The number of carbonyl (C=O) groups excluding carboxylic acids is 1. The van der Waals surface area contributed by atoms with Crippen LogP contribution in [0.5, 0.6) is 0 Å². The number of β-amino-alcohol motifs (C(OH)–C–C–N with tert-alkyl or cyclic N) is 1. The summed E-state index contributed by atoms with van der Waals surface area (Å²) < 4.78 is 5.76. The third-order valence-electron chi connectivity index (χ3n) is 4.81. The van der Waals surface area contributed by atoms with Crippen molar-refractivity contribution in [2.24, 2.45) is 0 Å². The Kier molecular flexibility index (Phi) is 5.88. The van der Waals surface area contributed by atoms with Crippen LogP contribution in [0.2, 0.25) is 0 Å². The summed E-state index contributed by atoms with van der Waals surface area (Å²) >= 11 is 0. The van der Waals surface area contributed by atoms with Crippen molar-refractivity contribution < 1.29 is 14.6 Å². The molecule has 0 bridgehead atoms. The van der Waals surface area contributed by atoms with Crippen molar-refractivity contribution in [3.8, 4) is 0 Å². The van der Waals surface area contributed by atoms with Gasteiger partial charge in [0.15, 0.2) is 0 Å². The highest BCUT2D eigenvalue weighted by atomic mass is 16.5. The van der Waals surface area contributed by atoms with Crippen LogP contribution in [-0.4, -0.2) is 90.4 Å². The number of aromatic nitrogens is 1. The molecule has 7 nitrogen and oxygen atoms in total. The standard InChI is InChI=1S/C18H28N4O3/c1-14-12-22(13-15(2)25-14)17-4-3-16(11-19-17)18(24)21-7-5-20(6-8-21)9-10-23/h3-4,11,14-15,23H,5-10,12-13H2,1-2H3/t14-,15-/m0/s1. The van der Waals surface area contributed by atoms with E-state index in [0.29, 0.717) is 25.2 Å². The molecule has 1 N–H and O–H groups in total. The second-order valence-corrected chi connectivity index (χ2v) is 6.92. The third-order valence-corrected chi connectivity index (χ3v) is 4.81. The van der Waals surface area contributed by atoms with Gasteiger partial charge in [0.1, 0.15) is 5.82 Å². The second kappa shape index (κ2) is 8.12. The van der Waals surface area contributed by atoms with Gasteiger partial charge in [-0.05, 0) is 26.0 Å². The van der Waals surface area contributed by atoms with E-state index in [9.17, 15) is 4.79 Å². The number of ether oxygens (including phenoxy) is 1. The number of rotatable bonds is 4. The molecule has 0 saturated carbocycles. The molecule has 2 aliphatic heterocycles. The lowest BCUT2D eigenvalue weighted by atomic mass is 10.2. The minimum absolute atomic E-state index is 0.0337. The summed E-state index contributed by atoms with van der Waals surface area (Å²) in [5, 5.41) is 9.00. The molecule has 2 atom stereocenters. The van der Waals surface area contributed by atoms with Gasteiger partial charge in [-0.3, -0.25) is 9.69 Å². The van der Waals surface area contributed by atoms with Gasteiger partial charge in [-0.25, -0.2) is 4.98 Å². The van der Waals surface area contributed by atoms with Gasteiger partial charge in [-0.1, -0.05) is 0 Å². The van der Waals surface area contributed by atoms with Gasteiger partial charge in [0, 0.05) is 52.0 Å². The Hall–Kier alpha value is -1.70. The molecular formula is C18H28N4O3. The van der Waals surface area contributed by atoms with Crippen LogP contribution in [-0.2, 0) is 4.74 Å². The van der Waals surface area contributed by atoms with Gasteiger partial charge in [0.05, 0.1) is 24.4 Å². The van der Waals surface area contributed by atoms with Crippen molar-refractivity contribution >= 4 is 11.7 Å². The Morgan fingerprint density at radius 1 is 1.20 bits per heavy atom.